The van der Waals surface area contributed by atoms with Gasteiger partial charge in [0.25, 0.3) is 0 Å². The molecule has 0 atom stereocenters. The lowest BCUT2D eigenvalue weighted by Gasteiger charge is -2.12. The molecular formula is C16H13NO4S. The van der Waals surface area contributed by atoms with Gasteiger partial charge in [0.15, 0.2) is 0 Å². The van der Waals surface area contributed by atoms with E-state index in [0.29, 0.717) is 23.3 Å². The Hall–Kier alpha value is -2.34. The quantitative estimate of drug-likeness (QED) is 0.522. The molecule has 1 aromatic heterocycles. The number of hydrogen-bond donors (Lipinski definition) is 1. The number of aryl methyl sites for hydroxylation is 1. The van der Waals surface area contributed by atoms with E-state index in [1.54, 1.807) is 6.07 Å². The van der Waals surface area contributed by atoms with E-state index in [4.69, 9.17) is 9.62 Å². The average molecular weight is 315 g/mol. The molecule has 1 aliphatic rings. The van der Waals surface area contributed by atoms with Crippen molar-refractivity contribution in [3.63, 3.8) is 0 Å². The number of thioether (sulfide) groups is 1. The highest BCUT2D eigenvalue weighted by Gasteiger charge is 2.22. The number of nitrogens with zero attached hydrogens (tertiary/aromatic N) is 1. The largest absolute Gasteiger partial charge is 0.423 e. The van der Waals surface area contributed by atoms with Crippen molar-refractivity contribution in [2.24, 2.45) is 5.16 Å². The van der Waals surface area contributed by atoms with Crippen molar-refractivity contribution < 1.29 is 14.4 Å². The van der Waals surface area contributed by atoms with Crippen LogP contribution in [0.15, 0.2) is 54.5 Å². The van der Waals surface area contributed by atoms with E-state index in [9.17, 15) is 9.59 Å². The molecule has 3 rings (SSSR count). The van der Waals surface area contributed by atoms with Crippen molar-refractivity contribution in [2.45, 2.75) is 24.7 Å². The van der Waals surface area contributed by atoms with E-state index in [0.717, 1.165) is 15.8 Å². The number of carbonyl (C=O) groups excluding carboxylic acids is 1. The minimum absolute atomic E-state index is 0.174. The summed E-state index contributed by atoms with van der Waals surface area (Å²) in [5.74, 6) is -0.260. The summed E-state index contributed by atoms with van der Waals surface area (Å²) in [4.78, 5) is 24.8. The number of carbonyl (C=O) groups is 1. The Morgan fingerprint density at radius 2 is 2.09 bits per heavy atom. The molecule has 0 saturated carbocycles. The van der Waals surface area contributed by atoms with Crippen LogP contribution in [0.1, 0.15) is 18.4 Å². The van der Waals surface area contributed by atoms with Crippen LogP contribution in [0.4, 0.5) is 0 Å². The molecule has 1 heterocycles. The topological polar surface area (TPSA) is 79.9 Å². The molecule has 1 aliphatic carbocycles. The summed E-state index contributed by atoms with van der Waals surface area (Å²) in [7, 11) is 0. The van der Waals surface area contributed by atoms with Gasteiger partial charge < -0.3 is 9.62 Å². The standard InChI is InChI=1S/C16H13NO4S/c1-9-7-15(18)21-13-8-10(5-6-11(9)13)22-14-4-2-3-12(17-20)16(14)19/h4-8,20H,2-3H2,1H3. The van der Waals surface area contributed by atoms with E-state index in [2.05, 4.69) is 5.16 Å². The third-order valence-corrected chi connectivity index (χ3v) is 4.53. The molecule has 1 aromatic carbocycles. The van der Waals surface area contributed by atoms with Crippen LogP contribution in [0.3, 0.4) is 0 Å². The zero-order valence-corrected chi connectivity index (χ0v) is 12.6. The first-order valence-electron chi connectivity index (χ1n) is 6.76. The first-order valence-corrected chi connectivity index (χ1v) is 7.58. The monoisotopic (exact) mass is 315 g/mol. The second-order valence-corrected chi connectivity index (χ2v) is 6.11. The Bertz CT molecular complexity index is 879. The minimum Gasteiger partial charge on any atom is -0.423 e. The number of benzene rings is 1. The molecular weight excluding hydrogens is 302 g/mol. The summed E-state index contributed by atoms with van der Waals surface area (Å²) >= 11 is 1.28. The number of hydrogen-bond acceptors (Lipinski definition) is 6. The van der Waals surface area contributed by atoms with Crippen molar-refractivity contribution in [1.82, 2.24) is 0 Å². The van der Waals surface area contributed by atoms with Gasteiger partial charge in [-0.3, -0.25) is 4.79 Å². The second-order valence-electron chi connectivity index (χ2n) is 4.99. The zero-order valence-electron chi connectivity index (χ0n) is 11.8. The van der Waals surface area contributed by atoms with Gasteiger partial charge in [-0.15, -0.1) is 0 Å². The molecule has 5 nitrogen and oxygen atoms in total. The van der Waals surface area contributed by atoms with Gasteiger partial charge in [0.1, 0.15) is 11.3 Å². The van der Waals surface area contributed by atoms with Crippen molar-refractivity contribution in [2.75, 3.05) is 0 Å². The normalized spacial score (nSPS) is 17.0. The van der Waals surface area contributed by atoms with Crippen LogP contribution in [0.25, 0.3) is 11.0 Å². The summed E-state index contributed by atoms with van der Waals surface area (Å²) in [5.41, 5.74) is 1.13. The van der Waals surface area contributed by atoms with E-state index < -0.39 is 5.63 Å². The Morgan fingerprint density at radius 1 is 1.27 bits per heavy atom. The SMILES string of the molecule is Cc1cc(=O)oc2cc(SC3=CCCC(=NO)C3=O)ccc12. The van der Waals surface area contributed by atoms with E-state index >= 15 is 0 Å². The summed E-state index contributed by atoms with van der Waals surface area (Å²) in [5, 5.41) is 12.7. The Labute approximate surface area is 130 Å². The summed E-state index contributed by atoms with van der Waals surface area (Å²) in [6.07, 6.45) is 2.94. The smallest absolute Gasteiger partial charge is 0.336 e. The van der Waals surface area contributed by atoms with Crippen LogP contribution in [0, 0.1) is 6.92 Å². The molecule has 22 heavy (non-hydrogen) atoms. The lowest BCUT2D eigenvalue weighted by Crippen LogP contribution is -2.18. The molecule has 0 aliphatic heterocycles. The molecule has 0 amide bonds. The van der Waals surface area contributed by atoms with Crippen LogP contribution in [-0.4, -0.2) is 16.7 Å². The van der Waals surface area contributed by atoms with Crippen molar-refractivity contribution in [1.29, 1.82) is 0 Å². The number of fused-ring (bicyclic) bond motifs is 1. The van der Waals surface area contributed by atoms with E-state index in [1.165, 1.54) is 17.8 Å². The lowest BCUT2D eigenvalue weighted by molar-refractivity contribution is -0.109. The second kappa shape index (κ2) is 5.81. The van der Waals surface area contributed by atoms with Gasteiger partial charge in [0.2, 0.25) is 5.78 Å². The number of rotatable bonds is 2. The molecule has 0 spiro atoms. The van der Waals surface area contributed by atoms with Crippen LogP contribution >= 0.6 is 11.8 Å². The van der Waals surface area contributed by atoms with Gasteiger partial charge in [-0.1, -0.05) is 23.0 Å². The van der Waals surface area contributed by atoms with Gasteiger partial charge in [-0.25, -0.2) is 4.79 Å². The fourth-order valence-electron chi connectivity index (χ4n) is 2.37. The number of Topliss-reactive ketones (excluding diaryl/α,β-unsaturated/α-hetero) is 1. The van der Waals surface area contributed by atoms with E-state index in [-0.39, 0.29) is 11.5 Å². The van der Waals surface area contributed by atoms with Crippen LogP contribution in [0.2, 0.25) is 0 Å². The van der Waals surface area contributed by atoms with Gasteiger partial charge >= 0.3 is 5.63 Å². The number of oxime groups is 1. The van der Waals surface area contributed by atoms with Crippen LogP contribution in [0.5, 0.6) is 0 Å². The van der Waals surface area contributed by atoms with Gasteiger partial charge in [0.05, 0.1) is 4.91 Å². The van der Waals surface area contributed by atoms with Crippen molar-refractivity contribution >= 4 is 34.2 Å². The summed E-state index contributed by atoms with van der Waals surface area (Å²) in [6.45, 7) is 1.85. The Kier molecular flexibility index (Phi) is 3.85. The molecule has 0 radical (unpaired) electrons. The van der Waals surface area contributed by atoms with Crippen LogP contribution < -0.4 is 5.63 Å². The minimum atomic E-state index is -0.394. The Balaban J connectivity index is 1.96. The fourth-order valence-corrected chi connectivity index (χ4v) is 3.34. The molecule has 0 bridgehead atoms. The Morgan fingerprint density at radius 3 is 2.86 bits per heavy atom. The van der Waals surface area contributed by atoms with Gasteiger partial charge in [-0.05, 0) is 37.1 Å². The summed E-state index contributed by atoms with van der Waals surface area (Å²) in [6, 6.07) is 6.93. The van der Waals surface area contributed by atoms with E-state index in [1.807, 2.05) is 25.1 Å². The van der Waals surface area contributed by atoms with Gasteiger partial charge in [0, 0.05) is 22.8 Å². The number of allylic oxidation sites excluding steroid dienone is 2. The maximum Gasteiger partial charge on any atom is 0.336 e. The van der Waals surface area contributed by atoms with Crippen molar-refractivity contribution in [3.05, 3.63) is 51.2 Å². The fraction of sp³-hybridized carbons (Fsp3) is 0.188. The third kappa shape index (κ3) is 2.69. The highest BCUT2D eigenvalue weighted by molar-refractivity contribution is 8.04. The van der Waals surface area contributed by atoms with Crippen LogP contribution in [-0.2, 0) is 4.79 Å². The molecule has 0 fully saturated rings. The first-order chi connectivity index (χ1) is 10.6. The maximum absolute atomic E-state index is 12.1. The molecule has 2 aromatic rings. The molecule has 0 saturated heterocycles. The lowest BCUT2D eigenvalue weighted by atomic mass is 10.0. The molecule has 0 unspecified atom stereocenters. The molecule has 112 valence electrons. The first kappa shape index (κ1) is 14.6. The molecule has 6 heteroatoms. The predicted molar refractivity (Wildman–Crippen MR) is 84.6 cm³/mol. The summed E-state index contributed by atoms with van der Waals surface area (Å²) < 4.78 is 5.20. The predicted octanol–water partition coefficient (Wildman–Crippen LogP) is 3.27. The molecule has 1 N–H and O–H groups in total. The number of ketones is 1. The zero-order chi connectivity index (χ0) is 15.7. The highest BCUT2D eigenvalue weighted by atomic mass is 32.2. The highest BCUT2D eigenvalue weighted by Crippen LogP contribution is 2.32. The van der Waals surface area contributed by atoms with Gasteiger partial charge in [-0.2, -0.15) is 0 Å². The average Bonchev–Trinajstić information content (AvgIpc) is 2.49. The maximum atomic E-state index is 12.1. The third-order valence-electron chi connectivity index (χ3n) is 3.47. The van der Waals surface area contributed by atoms with Crippen molar-refractivity contribution in [3.8, 4) is 0 Å².